The van der Waals surface area contributed by atoms with Gasteiger partial charge in [-0.15, -0.1) is 0 Å². The Morgan fingerprint density at radius 3 is 1.93 bits per heavy atom. The van der Waals surface area contributed by atoms with E-state index in [4.69, 9.17) is 10.00 Å². The highest BCUT2D eigenvalue weighted by Gasteiger charge is 2.40. The molecular formula is C22H29N3O3. The van der Waals surface area contributed by atoms with Gasteiger partial charge in [0.1, 0.15) is 5.60 Å². The van der Waals surface area contributed by atoms with E-state index in [0.29, 0.717) is 11.1 Å². The fraction of sp³-hybridized carbons (Fsp3) is 0.591. The lowest BCUT2D eigenvalue weighted by atomic mass is 9.71. The summed E-state index contributed by atoms with van der Waals surface area (Å²) >= 11 is 0. The molecule has 2 heterocycles. The van der Waals surface area contributed by atoms with E-state index < -0.39 is 5.60 Å². The summed E-state index contributed by atoms with van der Waals surface area (Å²) in [5, 5.41) is 8.89. The van der Waals surface area contributed by atoms with Crippen molar-refractivity contribution in [3.63, 3.8) is 0 Å². The first-order valence-corrected chi connectivity index (χ1v) is 9.99. The molecule has 0 aromatic heterocycles. The summed E-state index contributed by atoms with van der Waals surface area (Å²) in [5.74, 6) is 0.0329. The molecule has 6 heteroatoms. The van der Waals surface area contributed by atoms with Crippen LogP contribution in [-0.4, -0.2) is 53.6 Å². The third-order valence-corrected chi connectivity index (χ3v) is 5.85. The Morgan fingerprint density at radius 1 is 0.964 bits per heavy atom. The third kappa shape index (κ3) is 4.64. The quantitative estimate of drug-likeness (QED) is 0.739. The van der Waals surface area contributed by atoms with Crippen LogP contribution in [0.2, 0.25) is 0 Å². The van der Waals surface area contributed by atoms with Gasteiger partial charge in [-0.2, -0.15) is 5.26 Å². The molecule has 0 atom stereocenters. The van der Waals surface area contributed by atoms with Crippen LogP contribution in [-0.2, 0) is 4.74 Å². The second kappa shape index (κ2) is 7.83. The average molecular weight is 383 g/mol. The highest BCUT2D eigenvalue weighted by atomic mass is 16.6. The van der Waals surface area contributed by atoms with Crippen LogP contribution in [0, 0.1) is 16.7 Å². The van der Waals surface area contributed by atoms with Gasteiger partial charge in [-0.3, -0.25) is 4.79 Å². The number of hydrogen-bond donors (Lipinski definition) is 0. The van der Waals surface area contributed by atoms with Crippen LogP contribution < -0.4 is 0 Å². The minimum absolute atomic E-state index is 0.0329. The minimum Gasteiger partial charge on any atom is -0.444 e. The molecule has 2 aliphatic heterocycles. The number of nitrogens with zero attached hydrogens (tertiary/aromatic N) is 3. The van der Waals surface area contributed by atoms with Crippen molar-refractivity contribution in [1.29, 1.82) is 5.26 Å². The molecule has 1 aromatic rings. The summed E-state index contributed by atoms with van der Waals surface area (Å²) in [6.45, 7) is 8.58. The van der Waals surface area contributed by atoms with Gasteiger partial charge in [0.05, 0.1) is 11.6 Å². The Labute approximate surface area is 167 Å². The second-order valence-electron chi connectivity index (χ2n) is 8.95. The molecular weight excluding hydrogens is 354 g/mol. The molecule has 1 spiro atoms. The number of rotatable bonds is 1. The summed E-state index contributed by atoms with van der Waals surface area (Å²) in [6.07, 6.45) is 3.64. The highest BCUT2D eigenvalue weighted by Crippen LogP contribution is 2.41. The molecule has 0 unspecified atom stereocenters. The van der Waals surface area contributed by atoms with Gasteiger partial charge < -0.3 is 14.5 Å². The zero-order valence-corrected chi connectivity index (χ0v) is 17.0. The molecule has 0 N–H and O–H groups in total. The number of carbonyl (C=O) groups excluding carboxylic acids is 2. The fourth-order valence-corrected chi connectivity index (χ4v) is 4.04. The Bertz CT molecular complexity index is 756. The SMILES string of the molecule is CC(C)(C)OC(=O)N1CCC2(CC1)CCN(C(=O)c1ccc(C#N)cc1)CC2. The van der Waals surface area contributed by atoms with E-state index in [1.165, 1.54) is 0 Å². The fourth-order valence-electron chi connectivity index (χ4n) is 4.04. The van der Waals surface area contributed by atoms with Gasteiger partial charge in [-0.25, -0.2) is 4.79 Å². The standard InChI is InChI=1S/C22H29N3O3/c1-21(2,3)28-20(27)25-14-10-22(11-15-25)8-12-24(13-9-22)19(26)18-6-4-17(16-23)5-7-18/h4-7H,8-15H2,1-3H3. The van der Waals surface area contributed by atoms with Gasteiger partial charge >= 0.3 is 6.09 Å². The van der Waals surface area contributed by atoms with Crippen LogP contribution in [0.4, 0.5) is 4.79 Å². The number of ether oxygens (including phenoxy) is 1. The number of piperidine rings is 2. The number of carbonyl (C=O) groups is 2. The van der Waals surface area contributed by atoms with Crippen LogP contribution in [0.15, 0.2) is 24.3 Å². The van der Waals surface area contributed by atoms with Gasteiger partial charge in [0.15, 0.2) is 0 Å². The largest absolute Gasteiger partial charge is 0.444 e. The number of nitriles is 1. The maximum Gasteiger partial charge on any atom is 0.410 e. The van der Waals surface area contributed by atoms with Crippen molar-refractivity contribution in [2.75, 3.05) is 26.2 Å². The molecule has 1 aromatic carbocycles. The number of benzene rings is 1. The molecule has 28 heavy (non-hydrogen) atoms. The van der Waals surface area contributed by atoms with Crippen LogP contribution in [0.3, 0.4) is 0 Å². The van der Waals surface area contributed by atoms with Crippen LogP contribution in [0.1, 0.15) is 62.4 Å². The van der Waals surface area contributed by atoms with Crippen molar-refractivity contribution in [3.05, 3.63) is 35.4 Å². The Hall–Kier alpha value is -2.55. The average Bonchev–Trinajstić information content (AvgIpc) is 2.67. The first-order chi connectivity index (χ1) is 13.2. The summed E-state index contributed by atoms with van der Waals surface area (Å²) in [4.78, 5) is 28.7. The summed E-state index contributed by atoms with van der Waals surface area (Å²) in [5.41, 5.74) is 0.948. The summed E-state index contributed by atoms with van der Waals surface area (Å²) in [7, 11) is 0. The van der Waals surface area contributed by atoms with Crippen LogP contribution >= 0.6 is 0 Å². The van der Waals surface area contributed by atoms with E-state index in [2.05, 4.69) is 6.07 Å². The molecule has 2 saturated heterocycles. The van der Waals surface area contributed by atoms with Gasteiger partial charge in [0.2, 0.25) is 0 Å². The zero-order valence-electron chi connectivity index (χ0n) is 17.0. The van der Waals surface area contributed by atoms with Gasteiger partial charge in [-0.05, 0) is 76.1 Å². The number of hydrogen-bond acceptors (Lipinski definition) is 4. The smallest absolute Gasteiger partial charge is 0.410 e. The maximum absolute atomic E-state index is 12.7. The van der Waals surface area contributed by atoms with Gasteiger partial charge in [0, 0.05) is 31.7 Å². The number of amides is 2. The lowest BCUT2D eigenvalue weighted by molar-refractivity contribution is -0.00113. The van der Waals surface area contributed by atoms with Crippen molar-refractivity contribution in [1.82, 2.24) is 9.80 Å². The Morgan fingerprint density at radius 2 is 1.46 bits per heavy atom. The van der Waals surface area contributed by atoms with Crippen molar-refractivity contribution in [3.8, 4) is 6.07 Å². The lowest BCUT2D eigenvalue weighted by Gasteiger charge is -2.46. The first kappa shape index (κ1) is 20.2. The van der Waals surface area contributed by atoms with E-state index in [0.717, 1.165) is 51.9 Å². The lowest BCUT2D eigenvalue weighted by Crippen LogP contribution is -2.50. The van der Waals surface area contributed by atoms with E-state index >= 15 is 0 Å². The Kier molecular flexibility index (Phi) is 5.64. The topological polar surface area (TPSA) is 73.6 Å². The molecule has 0 radical (unpaired) electrons. The second-order valence-corrected chi connectivity index (χ2v) is 8.95. The molecule has 3 rings (SSSR count). The molecule has 6 nitrogen and oxygen atoms in total. The molecule has 150 valence electrons. The minimum atomic E-state index is -0.469. The molecule has 2 fully saturated rings. The van der Waals surface area contributed by atoms with E-state index in [9.17, 15) is 9.59 Å². The van der Waals surface area contributed by atoms with Crippen molar-refractivity contribution in [2.24, 2.45) is 5.41 Å². The molecule has 0 aliphatic carbocycles. The third-order valence-electron chi connectivity index (χ3n) is 5.85. The first-order valence-electron chi connectivity index (χ1n) is 9.99. The molecule has 2 aliphatic rings. The van der Waals surface area contributed by atoms with Crippen molar-refractivity contribution >= 4 is 12.0 Å². The van der Waals surface area contributed by atoms with E-state index in [1.54, 1.807) is 24.3 Å². The molecule has 2 amide bonds. The van der Waals surface area contributed by atoms with Gasteiger partial charge in [-0.1, -0.05) is 0 Å². The maximum atomic E-state index is 12.7. The van der Waals surface area contributed by atoms with E-state index in [1.807, 2.05) is 30.6 Å². The van der Waals surface area contributed by atoms with Crippen molar-refractivity contribution < 1.29 is 14.3 Å². The van der Waals surface area contributed by atoms with Crippen LogP contribution in [0.5, 0.6) is 0 Å². The summed E-state index contributed by atoms with van der Waals surface area (Å²) < 4.78 is 5.48. The summed E-state index contributed by atoms with van der Waals surface area (Å²) in [6, 6.07) is 8.90. The van der Waals surface area contributed by atoms with Crippen LogP contribution in [0.25, 0.3) is 0 Å². The molecule has 0 saturated carbocycles. The predicted molar refractivity (Wildman–Crippen MR) is 106 cm³/mol. The molecule has 0 bridgehead atoms. The normalized spacial score (nSPS) is 19.2. The zero-order chi connectivity index (χ0) is 20.4. The van der Waals surface area contributed by atoms with Gasteiger partial charge in [0.25, 0.3) is 5.91 Å². The Balaban J connectivity index is 1.52. The monoisotopic (exact) mass is 383 g/mol. The van der Waals surface area contributed by atoms with Crippen molar-refractivity contribution in [2.45, 2.75) is 52.1 Å². The van der Waals surface area contributed by atoms with E-state index in [-0.39, 0.29) is 17.4 Å². The number of likely N-dealkylation sites (tertiary alicyclic amines) is 2. The predicted octanol–water partition coefficient (Wildman–Crippen LogP) is 3.81. The highest BCUT2D eigenvalue weighted by molar-refractivity contribution is 5.94.